The molecule has 0 heterocycles. The Morgan fingerprint density at radius 1 is 0.649 bits per heavy atom. The minimum Gasteiger partial charge on any atom is -0.282 e. The fraction of sp³-hybridized carbons (Fsp3) is 0.524. The molecular formula is C21H10Cl12O3S. The van der Waals surface area contributed by atoms with Crippen molar-refractivity contribution >= 4 is 149 Å². The number of alkyl halides is 8. The number of halogens is 12. The Morgan fingerprint density at radius 3 is 1.32 bits per heavy atom. The van der Waals surface area contributed by atoms with Crippen molar-refractivity contribution in [3.05, 3.63) is 49.0 Å². The lowest BCUT2D eigenvalue weighted by molar-refractivity contribution is 0.201. The van der Waals surface area contributed by atoms with Gasteiger partial charge >= 0.3 is 0 Å². The summed E-state index contributed by atoms with van der Waals surface area (Å²) in [6, 6.07) is 2.78. The second kappa shape index (κ2) is 7.78. The summed E-state index contributed by atoms with van der Waals surface area (Å²) in [4.78, 5) is -7.71. The summed E-state index contributed by atoms with van der Waals surface area (Å²) in [6.07, 6.45) is 0. The van der Waals surface area contributed by atoms with Crippen molar-refractivity contribution < 1.29 is 13.0 Å². The van der Waals surface area contributed by atoms with Gasteiger partial charge in [-0.2, -0.15) is 8.42 Å². The minimum atomic E-state index is -4.68. The monoisotopic (exact) mass is 762 g/mol. The molecular weight excluding hydrogens is 758 g/mol. The topological polar surface area (TPSA) is 54.4 Å². The first-order chi connectivity index (χ1) is 16.6. The van der Waals surface area contributed by atoms with Gasteiger partial charge in [0.15, 0.2) is 8.67 Å². The number of benzene rings is 1. The summed E-state index contributed by atoms with van der Waals surface area (Å²) in [5, 5.41) is -0.397. The molecule has 8 atom stereocenters. The number of fused-ring (bicyclic) bond motifs is 14. The lowest BCUT2D eigenvalue weighted by Gasteiger charge is -2.52. The first-order valence-corrected chi connectivity index (χ1v) is 16.4. The predicted molar refractivity (Wildman–Crippen MR) is 154 cm³/mol. The molecule has 3 nitrogen and oxygen atoms in total. The molecule has 0 spiro atoms. The summed E-state index contributed by atoms with van der Waals surface area (Å²) >= 11 is 83.3. The van der Waals surface area contributed by atoms with Crippen LogP contribution in [0.5, 0.6) is 0 Å². The van der Waals surface area contributed by atoms with E-state index < -0.39 is 62.0 Å². The molecule has 0 aliphatic heterocycles. The van der Waals surface area contributed by atoms with E-state index in [4.69, 9.17) is 139 Å². The highest BCUT2D eigenvalue weighted by Crippen LogP contribution is 2.88. The van der Waals surface area contributed by atoms with E-state index >= 15 is 0 Å². The van der Waals surface area contributed by atoms with Gasteiger partial charge in [-0.3, -0.25) is 4.55 Å². The van der Waals surface area contributed by atoms with Crippen LogP contribution < -0.4 is 0 Å². The van der Waals surface area contributed by atoms with Crippen LogP contribution in [0.1, 0.15) is 28.5 Å². The van der Waals surface area contributed by atoms with Gasteiger partial charge in [0.1, 0.15) is 19.5 Å². The first kappa shape index (κ1) is 29.2. The van der Waals surface area contributed by atoms with Crippen LogP contribution >= 0.6 is 139 Å². The van der Waals surface area contributed by atoms with Crippen molar-refractivity contribution in [3.8, 4) is 0 Å². The van der Waals surface area contributed by atoms with E-state index in [9.17, 15) is 13.0 Å². The third-order valence-corrected chi connectivity index (χ3v) is 18.2. The second-order valence-electron chi connectivity index (χ2n) is 9.98. The molecule has 0 amide bonds. The zero-order chi connectivity index (χ0) is 27.8. The van der Waals surface area contributed by atoms with Crippen LogP contribution in [0.25, 0.3) is 0 Å². The number of hydrogen-bond acceptors (Lipinski definition) is 2. The van der Waals surface area contributed by atoms with Crippen molar-refractivity contribution in [1.82, 2.24) is 0 Å². The Morgan fingerprint density at radius 2 is 0.973 bits per heavy atom. The lowest BCUT2D eigenvalue weighted by Crippen LogP contribution is -2.53. The van der Waals surface area contributed by atoms with Crippen molar-refractivity contribution in [2.45, 2.75) is 51.8 Å². The summed E-state index contributed by atoms with van der Waals surface area (Å²) < 4.78 is 30.5. The number of rotatable bonds is 1. The predicted octanol–water partition coefficient (Wildman–Crippen LogP) is 9.35. The molecule has 0 saturated heterocycles. The summed E-state index contributed by atoms with van der Waals surface area (Å²) in [6.45, 7) is 1.49. The third-order valence-electron chi connectivity index (χ3n) is 8.70. The lowest BCUT2D eigenvalue weighted by atomic mass is 9.57. The molecule has 202 valence electrons. The molecule has 0 radical (unpaired) electrons. The number of hydrogen-bond donors (Lipinski definition) is 1. The second-order valence-corrected chi connectivity index (χ2v) is 17.9. The Hall–Kier alpha value is 2.09. The smallest absolute Gasteiger partial charge is 0.282 e. The molecule has 2 fully saturated rings. The van der Waals surface area contributed by atoms with E-state index in [2.05, 4.69) is 0 Å². The third kappa shape index (κ3) is 2.68. The normalized spacial score (nSPS) is 46.4. The molecule has 37 heavy (non-hydrogen) atoms. The van der Waals surface area contributed by atoms with Gasteiger partial charge < -0.3 is 0 Å². The molecule has 0 unspecified atom stereocenters. The zero-order valence-corrected chi connectivity index (χ0v) is 27.6. The SMILES string of the molecule is Cc1cc2c(cc1S(=O)(=O)O)[C@@H]1[C@H]([C@H]3[C@@H]2[C@@]2(Cl)C(Cl)=C(Cl)[C@@]3(Cl)C2(Cl)Cl)[C@@]2(Cl)C(Cl)=C(Cl)[C@@]1(Cl)C2(Cl)Cl. The van der Waals surface area contributed by atoms with Gasteiger partial charge in [0.25, 0.3) is 10.1 Å². The summed E-state index contributed by atoms with van der Waals surface area (Å²) in [7, 11) is -4.68. The number of aryl methyl sites for hydroxylation is 1. The molecule has 6 rings (SSSR count). The molecule has 1 aromatic carbocycles. The molecule has 1 aromatic rings. The van der Waals surface area contributed by atoms with Crippen LogP contribution in [-0.2, 0) is 10.1 Å². The van der Waals surface area contributed by atoms with Crippen molar-refractivity contribution in [3.63, 3.8) is 0 Å². The van der Waals surface area contributed by atoms with Crippen LogP contribution in [0.3, 0.4) is 0 Å². The van der Waals surface area contributed by atoms with Crippen LogP contribution in [-0.4, -0.2) is 41.1 Å². The van der Waals surface area contributed by atoms with E-state index in [0.29, 0.717) is 5.56 Å². The average Bonchev–Trinajstić information content (AvgIpc) is 3.12. The molecule has 5 aliphatic carbocycles. The maximum Gasteiger partial charge on any atom is 0.294 e. The van der Waals surface area contributed by atoms with Crippen LogP contribution in [0.15, 0.2) is 37.2 Å². The first-order valence-electron chi connectivity index (χ1n) is 10.4. The van der Waals surface area contributed by atoms with Gasteiger partial charge in [-0.1, -0.05) is 98.9 Å². The highest BCUT2D eigenvalue weighted by molar-refractivity contribution is 7.85. The van der Waals surface area contributed by atoms with Crippen LogP contribution in [0.2, 0.25) is 0 Å². The standard InChI is InChI=1S/C21H10Cl12O3S/c1-4-2-5-6(3-7(4)37(34,35)36)9-11(19(29)15(25)13(23)17(9,27)21(19,32)33)10-8(5)16(26)12(22)14(24)18(10,28)20(16,30)31/h2-3,8-11H,1H3,(H,34,35,36)/t8-,9-,10-,11-,16-,17-,18-,19-/m1/s1. The van der Waals surface area contributed by atoms with Gasteiger partial charge in [0.2, 0.25) is 0 Å². The van der Waals surface area contributed by atoms with E-state index in [1.807, 2.05) is 0 Å². The van der Waals surface area contributed by atoms with Crippen LogP contribution in [0.4, 0.5) is 0 Å². The van der Waals surface area contributed by atoms with E-state index in [1.165, 1.54) is 19.1 Å². The number of allylic oxidation sites excluding steroid dienone is 4. The molecule has 5 aliphatic rings. The largest absolute Gasteiger partial charge is 0.294 e. The van der Waals surface area contributed by atoms with Crippen molar-refractivity contribution in [2.75, 3.05) is 0 Å². The van der Waals surface area contributed by atoms with Gasteiger partial charge in [0, 0.05) is 23.7 Å². The van der Waals surface area contributed by atoms with Crippen molar-refractivity contribution in [1.29, 1.82) is 0 Å². The molecule has 4 bridgehead atoms. The highest BCUT2D eigenvalue weighted by atomic mass is 35.5. The van der Waals surface area contributed by atoms with Gasteiger partial charge in [-0.05, 0) is 29.7 Å². The Labute approximate surface area is 272 Å². The highest BCUT2D eigenvalue weighted by Gasteiger charge is 2.91. The maximum absolute atomic E-state index is 12.3. The van der Waals surface area contributed by atoms with E-state index in [0.717, 1.165) is 0 Å². The fourth-order valence-corrected chi connectivity index (χ4v) is 14.1. The minimum absolute atomic E-state index is 0.0759. The Balaban J connectivity index is 1.82. The maximum atomic E-state index is 12.3. The quantitative estimate of drug-likeness (QED) is 0.229. The van der Waals surface area contributed by atoms with Gasteiger partial charge in [-0.25, -0.2) is 0 Å². The van der Waals surface area contributed by atoms with Gasteiger partial charge in [0.05, 0.1) is 25.0 Å². The summed E-state index contributed by atoms with van der Waals surface area (Å²) in [5.41, 5.74) is 0.924. The summed E-state index contributed by atoms with van der Waals surface area (Å²) in [5.74, 6) is -3.81. The molecule has 16 heteroatoms. The zero-order valence-electron chi connectivity index (χ0n) is 17.7. The fourth-order valence-electron chi connectivity index (χ4n) is 7.32. The van der Waals surface area contributed by atoms with E-state index in [-0.39, 0.29) is 36.2 Å². The van der Waals surface area contributed by atoms with E-state index in [1.54, 1.807) is 0 Å². The van der Waals surface area contributed by atoms with Crippen LogP contribution in [0, 0.1) is 18.8 Å². The Kier molecular flexibility index (Phi) is 6.13. The average molecular weight is 768 g/mol. The van der Waals surface area contributed by atoms with Gasteiger partial charge in [-0.15, -0.1) is 46.4 Å². The Bertz CT molecular complexity index is 1520. The van der Waals surface area contributed by atoms with Crippen molar-refractivity contribution in [2.24, 2.45) is 11.8 Å². The molecule has 2 saturated carbocycles. The molecule has 0 aromatic heterocycles. The molecule has 1 N–H and O–H groups in total.